The fourth-order valence-corrected chi connectivity index (χ4v) is 3.65. The number of carbonyl (C=O) groups excluding carboxylic acids is 1. The summed E-state index contributed by atoms with van der Waals surface area (Å²) in [6.45, 7) is 6.14. The molecule has 1 aromatic rings. The molecule has 0 unspecified atom stereocenters. The Morgan fingerprint density at radius 3 is 2.82 bits per heavy atom. The van der Waals surface area contributed by atoms with Crippen molar-refractivity contribution in [2.24, 2.45) is 10.7 Å². The predicted octanol–water partition coefficient (Wildman–Crippen LogP) is 2.62. The standard InChI is InChI=1S/C19H28N4O4S/c1-4-6-8-26-13-9-15(27-16(24)10-13)14(7-5-2)22-18(25)19(21)11-28-17(23-19)12(3)20/h9-10,14,20H,4-8,11,21H2,1-3H3,(H,22,25)/t14-,19+/m1/s1. The maximum Gasteiger partial charge on any atom is 0.339 e. The van der Waals surface area contributed by atoms with Crippen molar-refractivity contribution >= 4 is 28.4 Å². The van der Waals surface area contributed by atoms with E-state index in [9.17, 15) is 9.59 Å². The number of unbranched alkanes of at least 4 members (excludes halogenated alkanes) is 1. The van der Waals surface area contributed by atoms with E-state index in [1.54, 1.807) is 13.0 Å². The van der Waals surface area contributed by atoms with Gasteiger partial charge in [0.25, 0.3) is 5.91 Å². The van der Waals surface area contributed by atoms with Crippen LogP contribution in [0.15, 0.2) is 26.3 Å². The second kappa shape index (κ2) is 9.88. The molecule has 2 heterocycles. The number of ether oxygens (including phenoxy) is 1. The van der Waals surface area contributed by atoms with Crippen molar-refractivity contribution in [3.63, 3.8) is 0 Å². The highest BCUT2D eigenvalue weighted by atomic mass is 32.2. The van der Waals surface area contributed by atoms with E-state index in [-0.39, 0.29) is 11.5 Å². The maximum absolute atomic E-state index is 12.8. The maximum atomic E-state index is 12.8. The SMILES string of the molecule is CCCCOc1cc([C@@H](CCC)NC(=O)[C@]2(N)CSC(C(C)=N)=N2)oc(=O)c1. The molecule has 2 rings (SSSR count). The molecule has 1 amide bonds. The number of nitrogens with zero attached hydrogens (tertiary/aromatic N) is 1. The zero-order valence-corrected chi connectivity index (χ0v) is 17.4. The number of nitrogens with one attached hydrogen (secondary N) is 2. The largest absolute Gasteiger partial charge is 0.493 e. The monoisotopic (exact) mass is 408 g/mol. The van der Waals surface area contributed by atoms with Gasteiger partial charge in [-0.25, -0.2) is 9.79 Å². The second-order valence-corrected chi connectivity index (χ2v) is 7.75. The van der Waals surface area contributed by atoms with Crippen LogP contribution in [0.3, 0.4) is 0 Å². The first kappa shape index (κ1) is 22.2. The van der Waals surface area contributed by atoms with E-state index in [0.29, 0.717) is 29.6 Å². The van der Waals surface area contributed by atoms with Gasteiger partial charge in [-0.1, -0.05) is 26.7 Å². The van der Waals surface area contributed by atoms with Crippen LogP contribution in [0.4, 0.5) is 0 Å². The summed E-state index contributed by atoms with van der Waals surface area (Å²) < 4.78 is 10.9. The summed E-state index contributed by atoms with van der Waals surface area (Å²) in [5.74, 6) is 0.548. The smallest absolute Gasteiger partial charge is 0.339 e. The first-order valence-electron chi connectivity index (χ1n) is 9.45. The highest BCUT2D eigenvalue weighted by molar-refractivity contribution is 8.16. The molecule has 2 atom stereocenters. The van der Waals surface area contributed by atoms with Gasteiger partial charge in [0.05, 0.1) is 24.4 Å². The number of hydrogen-bond donors (Lipinski definition) is 3. The van der Waals surface area contributed by atoms with Crippen LogP contribution in [0, 0.1) is 5.41 Å². The third kappa shape index (κ3) is 5.68. The Kier molecular flexibility index (Phi) is 7.82. The Morgan fingerprint density at radius 1 is 1.46 bits per heavy atom. The van der Waals surface area contributed by atoms with Crippen molar-refractivity contribution in [2.75, 3.05) is 12.4 Å². The summed E-state index contributed by atoms with van der Waals surface area (Å²) in [5, 5.41) is 11.0. The Morgan fingerprint density at radius 2 is 2.21 bits per heavy atom. The fourth-order valence-electron chi connectivity index (χ4n) is 2.65. The summed E-state index contributed by atoms with van der Waals surface area (Å²) in [6, 6.07) is 2.41. The molecule has 0 spiro atoms. The molecule has 0 bridgehead atoms. The normalized spacial score (nSPS) is 19.8. The van der Waals surface area contributed by atoms with Crippen molar-refractivity contribution in [1.29, 1.82) is 5.41 Å². The zero-order chi connectivity index (χ0) is 20.7. The number of nitrogens with two attached hydrogens (primary N) is 1. The molecule has 28 heavy (non-hydrogen) atoms. The van der Waals surface area contributed by atoms with E-state index in [1.807, 2.05) is 6.92 Å². The molecular weight excluding hydrogens is 380 g/mol. The molecule has 9 heteroatoms. The van der Waals surface area contributed by atoms with Gasteiger partial charge in [-0.2, -0.15) is 0 Å². The lowest BCUT2D eigenvalue weighted by Crippen LogP contribution is -2.54. The second-order valence-electron chi connectivity index (χ2n) is 6.79. The number of hydrogen-bond acceptors (Lipinski definition) is 8. The minimum Gasteiger partial charge on any atom is -0.493 e. The molecule has 1 aliphatic rings. The quantitative estimate of drug-likeness (QED) is 0.403. The van der Waals surface area contributed by atoms with Crippen LogP contribution < -0.4 is 21.4 Å². The first-order valence-corrected chi connectivity index (χ1v) is 10.4. The molecule has 0 fully saturated rings. The molecule has 154 valence electrons. The van der Waals surface area contributed by atoms with Gasteiger partial charge in [0.1, 0.15) is 16.6 Å². The topological polar surface area (TPSA) is 131 Å². The van der Waals surface area contributed by atoms with Crippen LogP contribution in [0.5, 0.6) is 5.75 Å². The van der Waals surface area contributed by atoms with E-state index in [2.05, 4.69) is 17.2 Å². The molecule has 0 aromatic carbocycles. The lowest BCUT2D eigenvalue weighted by molar-refractivity contribution is -0.126. The van der Waals surface area contributed by atoms with E-state index in [1.165, 1.54) is 17.8 Å². The summed E-state index contributed by atoms with van der Waals surface area (Å²) in [6.07, 6.45) is 3.19. The average molecular weight is 409 g/mol. The van der Waals surface area contributed by atoms with Gasteiger partial charge >= 0.3 is 5.63 Å². The van der Waals surface area contributed by atoms with Gasteiger partial charge < -0.3 is 19.9 Å². The van der Waals surface area contributed by atoms with Crippen LogP contribution in [-0.2, 0) is 4.79 Å². The predicted molar refractivity (Wildman–Crippen MR) is 111 cm³/mol. The van der Waals surface area contributed by atoms with Crippen LogP contribution in [0.2, 0.25) is 0 Å². The van der Waals surface area contributed by atoms with E-state index >= 15 is 0 Å². The number of amides is 1. The Bertz CT molecular complexity index is 807. The third-order valence-corrected chi connectivity index (χ3v) is 5.46. The van der Waals surface area contributed by atoms with E-state index in [0.717, 1.165) is 19.3 Å². The number of aliphatic imine (C=N–C) groups is 1. The fraction of sp³-hybridized carbons (Fsp3) is 0.579. The highest BCUT2D eigenvalue weighted by Gasteiger charge is 2.40. The van der Waals surface area contributed by atoms with Crippen molar-refractivity contribution in [1.82, 2.24) is 5.32 Å². The molecule has 0 saturated heterocycles. The Labute approximate surface area is 168 Å². The van der Waals surface area contributed by atoms with Crippen LogP contribution in [0.1, 0.15) is 58.3 Å². The first-order chi connectivity index (χ1) is 13.3. The molecule has 1 aliphatic heterocycles. The zero-order valence-electron chi connectivity index (χ0n) is 16.5. The van der Waals surface area contributed by atoms with Gasteiger partial charge in [0, 0.05) is 11.8 Å². The molecular formula is C19H28N4O4S. The van der Waals surface area contributed by atoms with Crippen LogP contribution in [-0.4, -0.2) is 34.7 Å². The van der Waals surface area contributed by atoms with Crippen LogP contribution in [0.25, 0.3) is 0 Å². The minimum atomic E-state index is -1.44. The van der Waals surface area contributed by atoms with Gasteiger partial charge in [0.15, 0.2) is 5.66 Å². The Balaban J connectivity index is 2.20. The molecule has 0 radical (unpaired) electrons. The number of thioether (sulfide) groups is 1. The molecule has 1 aromatic heterocycles. The number of carbonyl (C=O) groups is 1. The van der Waals surface area contributed by atoms with E-state index < -0.39 is 23.2 Å². The van der Waals surface area contributed by atoms with Crippen molar-refractivity contribution in [3.8, 4) is 5.75 Å². The summed E-state index contributed by atoms with van der Waals surface area (Å²) in [7, 11) is 0. The van der Waals surface area contributed by atoms with Crippen molar-refractivity contribution in [2.45, 2.75) is 58.2 Å². The van der Waals surface area contributed by atoms with Crippen LogP contribution >= 0.6 is 11.8 Å². The summed E-state index contributed by atoms with van der Waals surface area (Å²) in [5.41, 5.74) is 4.47. The summed E-state index contributed by atoms with van der Waals surface area (Å²) in [4.78, 5) is 29.0. The van der Waals surface area contributed by atoms with Gasteiger partial charge in [-0.05, 0) is 19.8 Å². The van der Waals surface area contributed by atoms with Gasteiger partial charge in [-0.3, -0.25) is 10.5 Å². The highest BCUT2D eigenvalue weighted by Crippen LogP contribution is 2.27. The third-order valence-electron chi connectivity index (χ3n) is 4.20. The van der Waals surface area contributed by atoms with Gasteiger partial charge in [-0.15, -0.1) is 11.8 Å². The van der Waals surface area contributed by atoms with E-state index in [4.69, 9.17) is 20.3 Å². The van der Waals surface area contributed by atoms with Gasteiger partial charge in [0.2, 0.25) is 0 Å². The lowest BCUT2D eigenvalue weighted by Gasteiger charge is -2.24. The lowest BCUT2D eigenvalue weighted by atomic mass is 10.1. The minimum absolute atomic E-state index is 0.257. The Hall–Kier alpha value is -2.13. The molecule has 4 N–H and O–H groups in total. The number of rotatable bonds is 10. The molecule has 8 nitrogen and oxygen atoms in total. The average Bonchev–Trinajstić information content (AvgIpc) is 3.05. The molecule has 0 aliphatic carbocycles. The molecule has 0 saturated carbocycles. The van der Waals surface area contributed by atoms with Crippen molar-refractivity contribution < 1.29 is 13.9 Å². The summed E-state index contributed by atoms with van der Waals surface area (Å²) >= 11 is 1.28. The van der Waals surface area contributed by atoms with Crippen molar-refractivity contribution in [3.05, 3.63) is 28.3 Å².